The molecule has 1 aromatic carbocycles. The molecule has 1 unspecified atom stereocenters. The topological polar surface area (TPSA) is 62.7 Å². The van der Waals surface area contributed by atoms with Crippen molar-refractivity contribution in [2.24, 2.45) is 11.8 Å². The van der Waals surface area contributed by atoms with Gasteiger partial charge in [-0.2, -0.15) is 0 Å². The van der Waals surface area contributed by atoms with E-state index in [1.54, 1.807) is 23.1 Å². The Bertz CT molecular complexity index is 878. The summed E-state index contributed by atoms with van der Waals surface area (Å²) in [6, 6.07) is 7.76. The molecule has 1 saturated heterocycles. The molecule has 0 bridgehead atoms. The number of carboxylic acid groups (broad SMARTS) is 1. The van der Waals surface area contributed by atoms with E-state index in [-0.39, 0.29) is 18.0 Å². The summed E-state index contributed by atoms with van der Waals surface area (Å²) in [7, 11) is 0. The zero-order valence-corrected chi connectivity index (χ0v) is 16.1. The molecule has 1 N–H and O–H groups in total. The largest absolute Gasteiger partial charge is 0.481 e. The van der Waals surface area contributed by atoms with Crippen LogP contribution in [0.4, 0.5) is 14.5 Å². The maximum Gasteiger partial charge on any atom is 0.303 e. The Morgan fingerprint density at radius 1 is 1.17 bits per heavy atom. The standard InChI is InChI=1S/C22H24F2N2O3/c23-17-10-16(19-5-2-6-20(25-19)29-13-14-3-1-4-14)11-18(24)22(17)26-8-7-15(12-26)9-21(27)28/h2,5-6,10-11,14-15H,1,3-4,7-9,12-13H2,(H,27,28). The molecule has 7 heteroatoms. The van der Waals surface area contributed by atoms with Crippen molar-refractivity contribution in [1.29, 1.82) is 0 Å². The SMILES string of the molecule is O=C(O)CC1CCN(c2c(F)cc(-c3cccc(OCC4CCC4)n3)cc2F)C1. The Morgan fingerprint density at radius 2 is 1.93 bits per heavy atom. The lowest BCUT2D eigenvalue weighted by Gasteiger charge is -2.24. The second-order valence-corrected chi connectivity index (χ2v) is 7.96. The summed E-state index contributed by atoms with van der Waals surface area (Å²) in [5, 5.41) is 8.93. The van der Waals surface area contributed by atoms with Crippen LogP contribution in [0.1, 0.15) is 32.1 Å². The van der Waals surface area contributed by atoms with Crippen LogP contribution < -0.4 is 9.64 Å². The molecule has 2 aliphatic rings. The monoisotopic (exact) mass is 402 g/mol. The van der Waals surface area contributed by atoms with Crippen LogP contribution >= 0.6 is 0 Å². The third kappa shape index (κ3) is 4.49. The molecule has 1 aliphatic heterocycles. The molecule has 0 radical (unpaired) electrons. The minimum atomic E-state index is -0.890. The van der Waals surface area contributed by atoms with E-state index < -0.39 is 17.6 Å². The molecule has 1 aromatic heterocycles. The Morgan fingerprint density at radius 3 is 2.59 bits per heavy atom. The summed E-state index contributed by atoms with van der Waals surface area (Å²) < 4.78 is 35.3. The molecule has 4 rings (SSSR count). The highest BCUT2D eigenvalue weighted by Gasteiger charge is 2.28. The molecule has 5 nitrogen and oxygen atoms in total. The second kappa shape index (κ2) is 8.35. The molecule has 1 aliphatic carbocycles. The van der Waals surface area contributed by atoms with Gasteiger partial charge in [0.05, 0.1) is 12.3 Å². The second-order valence-electron chi connectivity index (χ2n) is 7.96. The van der Waals surface area contributed by atoms with Gasteiger partial charge in [-0.15, -0.1) is 0 Å². The first-order valence-corrected chi connectivity index (χ1v) is 10.1. The predicted octanol–water partition coefficient (Wildman–Crippen LogP) is 4.51. The predicted molar refractivity (Wildman–Crippen MR) is 105 cm³/mol. The van der Waals surface area contributed by atoms with Crippen LogP contribution in [0.15, 0.2) is 30.3 Å². The van der Waals surface area contributed by atoms with Crippen LogP contribution in [0, 0.1) is 23.5 Å². The normalized spacial score (nSPS) is 19.2. The zero-order valence-electron chi connectivity index (χ0n) is 16.1. The lowest BCUT2D eigenvalue weighted by Crippen LogP contribution is -2.23. The van der Waals surface area contributed by atoms with Gasteiger partial charge in [0.15, 0.2) is 0 Å². The molecule has 0 amide bonds. The average molecular weight is 402 g/mol. The highest BCUT2D eigenvalue weighted by atomic mass is 19.1. The number of pyridine rings is 1. The van der Waals surface area contributed by atoms with Crippen LogP contribution in [0.3, 0.4) is 0 Å². The highest BCUT2D eigenvalue weighted by molar-refractivity contribution is 5.68. The van der Waals surface area contributed by atoms with Crippen molar-refractivity contribution in [3.8, 4) is 17.1 Å². The van der Waals surface area contributed by atoms with Crippen molar-refractivity contribution in [1.82, 2.24) is 4.98 Å². The first-order chi connectivity index (χ1) is 14.0. The van der Waals surface area contributed by atoms with E-state index >= 15 is 0 Å². The van der Waals surface area contributed by atoms with Crippen LogP contribution in [0.5, 0.6) is 5.88 Å². The molecular weight excluding hydrogens is 378 g/mol. The van der Waals surface area contributed by atoms with Gasteiger partial charge in [-0.3, -0.25) is 4.79 Å². The van der Waals surface area contributed by atoms with Crippen molar-refractivity contribution in [3.05, 3.63) is 42.0 Å². The van der Waals surface area contributed by atoms with Crippen LogP contribution in [0.2, 0.25) is 0 Å². The quantitative estimate of drug-likeness (QED) is 0.739. The molecule has 0 spiro atoms. The Hall–Kier alpha value is -2.70. The number of rotatable bonds is 7. The first kappa shape index (κ1) is 19.6. The van der Waals surface area contributed by atoms with E-state index in [1.807, 2.05) is 0 Å². The number of nitrogens with zero attached hydrogens (tertiary/aromatic N) is 2. The number of ether oxygens (including phenoxy) is 1. The van der Waals surface area contributed by atoms with Gasteiger partial charge in [0, 0.05) is 31.1 Å². The first-order valence-electron chi connectivity index (χ1n) is 10.1. The number of aromatic nitrogens is 1. The van der Waals surface area contributed by atoms with Crippen molar-refractivity contribution >= 4 is 11.7 Å². The van der Waals surface area contributed by atoms with Gasteiger partial charge in [-0.1, -0.05) is 12.5 Å². The average Bonchev–Trinajstić information content (AvgIpc) is 3.07. The van der Waals surface area contributed by atoms with E-state index in [2.05, 4.69) is 4.98 Å². The third-order valence-electron chi connectivity index (χ3n) is 5.79. The minimum Gasteiger partial charge on any atom is -0.481 e. The van der Waals surface area contributed by atoms with Crippen molar-refractivity contribution < 1.29 is 23.4 Å². The van der Waals surface area contributed by atoms with Crippen LogP contribution in [-0.2, 0) is 4.79 Å². The summed E-state index contributed by atoms with van der Waals surface area (Å²) in [4.78, 5) is 16.9. The number of carbonyl (C=O) groups is 1. The fourth-order valence-corrected chi connectivity index (χ4v) is 3.98. The summed E-state index contributed by atoms with van der Waals surface area (Å²) in [5.74, 6) is -1.30. The van der Waals surface area contributed by atoms with E-state index in [9.17, 15) is 13.6 Å². The molecule has 2 heterocycles. The Kier molecular flexibility index (Phi) is 5.65. The van der Waals surface area contributed by atoms with Gasteiger partial charge in [-0.05, 0) is 49.3 Å². The summed E-state index contributed by atoms with van der Waals surface area (Å²) in [6.07, 6.45) is 4.19. The Labute approximate surface area is 168 Å². The van der Waals surface area contributed by atoms with Crippen molar-refractivity contribution in [2.75, 3.05) is 24.6 Å². The number of carboxylic acids is 1. The molecule has 29 heavy (non-hydrogen) atoms. The highest BCUT2D eigenvalue weighted by Crippen LogP contribution is 2.34. The summed E-state index contributed by atoms with van der Waals surface area (Å²) in [6.45, 7) is 1.39. The molecule has 1 saturated carbocycles. The molecule has 1 atom stereocenters. The maximum atomic E-state index is 14.8. The van der Waals surface area contributed by atoms with E-state index in [1.165, 1.54) is 31.4 Å². The van der Waals surface area contributed by atoms with Gasteiger partial charge < -0.3 is 14.7 Å². The van der Waals surface area contributed by atoms with Crippen molar-refractivity contribution in [3.63, 3.8) is 0 Å². The molecular formula is C22H24F2N2O3. The van der Waals surface area contributed by atoms with Crippen LogP contribution in [0.25, 0.3) is 11.3 Å². The Balaban J connectivity index is 1.50. The lowest BCUT2D eigenvalue weighted by atomic mass is 9.86. The molecule has 2 fully saturated rings. The third-order valence-corrected chi connectivity index (χ3v) is 5.79. The number of halogens is 2. The van der Waals surface area contributed by atoms with Gasteiger partial charge in [0.1, 0.15) is 17.3 Å². The van der Waals surface area contributed by atoms with Gasteiger partial charge >= 0.3 is 5.97 Å². The van der Waals surface area contributed by atoms with E-state index in [4.69, 9.17) is 9.84 Å². The fourth-order valence-electron chi connectivity index (χ4n) is 3.98. The number of benzene rings is 1. The van der Waals surface area contributed by atoms with Gasteiger partial charge in [0.25, 0.3) is 0 Å². The van der Waals surface area contributed by atoms with Gasteiger partial charge in [-0.25, -0.2) is 13.8 Å². The lowest BCUT2D eigenvalue weighted by molar-refractivity contribution is -0.137. The number of anilines is 1. The van der Waals surface area contributed by atoms with E-state index in [0.717, 1.165) is 0 Å². The summed E-state index contributed by atoms with van der Waals surface area (Å²) in [5.41, 5.74) is 0.698. The molecule has 154 valence electrons. The van der Waals surface area contributed by atoms with Crippen molar-refractivity contribution in [2.45, 2.75) is 32.1 Å². The minimum absolute atomic E-state index is 0.00932. The van der Waals surface area contributed by atoms with Crippen LogP contribution in [-0.4, -0.2) is 35.8 Å². The fraction of sp³-hybridized carbons (Fsp3) is 0.455. The number of aliphatic carboxylic acids is 1. The smallest absolute Gasteiger partial charge is 0.303 e. The maximum absolute atomic E-state index is 14.8. The van der Waals surface area contributed by atoms with Gasteiger partial charge in [0.2, 0.25) is 5.88 Å². The number of hydrogen-bond donors (Lipinski definition) is 1. The zero-order chi connectivity index (χ0) is 20.4. The summed E-state index contributed by atoms with van der Waals surface area (Å²) >= 11 is 0. The van der Waals surface area contributed by atoms with E-state index in [0.29, 0.717) is 49.2 Å². The number of hydrogen-bond acceptors (Lipinski definition) is 4. The molecule has 2 aromatic rings.